The summed E-state index contributed by atoms with van der Waals surface area (Å²) in [5, 5.41) is 11.0. The molecule has 156 valence electrons. The van der Waals surface area contributed by atoms with Crippen LogP contribution in [0, 0.1) is 10.1 Å². The number of benzene rings is 2. The standard InChI is InChI=1S/C21H27N3O5/c1-27-19-13-21(29-3)20(28-2)12-17(19)15-23-9-7-22(8-10-23)14-16-5-4-6-18(11-16)24(25)26/h4-6,11-13H,7-10,14-15H2,1-3H3. The molecule has 0 radical (unpaired) electrons. The van der Waals surface area contributed by atoms with Crippen LogP contribution in [0.15, 0.2) is 36.4 Å². The van der Waals surface area contributed by atoms with Crippen molar-refractivity contribution in [1.29, 1.82) is 0 Å². The summed E-state index contributed by atoms with van der Waals surface area (Å²) in [4.78, 5) is 15.3. The lowest BCUT2D eigenvalue weighted by molar-refractivity contribution is -0.384. The number of nitro benzene ring substituents is 1. The Bertz CT molecular complexity index is 850. The van der Waals surface area contributed by atoms with Crippen molar-refractivity contribution >= 4 is 5.69 Å². The molecule has 1 heterocycles. The van der Waals surface area contributed by atoms with Crippen LogP contribution in [0.1, 0.15) is 11.1 Å². The molecule has 29 heavy (non-hydrogen) atoms. The molecule has 0 N–H and O–H groups in total. The third-order valence-corrected chi connectivity index (χ3v) is 5.17. The molecule has 0 unspecified atom stereocenters. The van der Waals surface area contributed by atoms with Crippen LogP contribution in [0.25, 0.3) is 0 Å². The van der Waals surface area contributed by atoms with Crippen molar-refractivity contribution in [3.05, 3.63) is 57.6 Å². The molecule has 8 nitrogen and oxygen atoms in total. The fourth-order valence-corrected chi connectivity index (χ4v) is 3.59. The number of non-ortho nitro benzene ring substituents is 1. The van der Waals surface area contributed by atoms with E-state index in [0.29, 0.717) is 11.5 Å². The van der Waals surface area contributed by atoms with Crippen molar-refractivity contribution in [2.75, 3.05) is 47.5 Å². The zero-order valence-electron chi connectivity index (χ0n) is 17.1. The van der Waals surface area contributed by atoms with Gasteiger partial charge in [0.1, 0.15) is 5.75 Å². The molecule has 0 bridgehead atoms. The van der Waals surface area contributed by atoms with Crippen molar-refractivity contribution in [3.8, 4) is 17.2 Å². The molecule has 8 heteroatoms. The second kappa shape index (κ2) is 9.58. The molecule has 2 aromatic rings. The zero-order chi connectivity index (χ0) is 20.8. The van der Waals surface area contributed by atoms with Crippen molar-refractivity contribution in [3.63, 3.8) is 0 Å². The normalized spacial score (nSPS) is 15.1. The Hall–Kier alpha value is -2.84. The average molecular weight is 401 g/mol. The predicted octanol–water partition coefficient (Wildman–Crippen LogP) is 2.94. The number of nitro groups is 1. The molecular weight excluding hydrogens is 374 g/mol. The van der Waals surface area contributed by atoms with Crippen LogP contribution >= 0.6 is 0 Å². The summed E-state index contributed by atoms with van der Waals surface area (Å²) in [5.74, 6) is 2.11. The summed E-state index contributed by atoms with van der Waals surface area (Å²) >= 11 is 0. The van der Waals surface area contributed by atoms with Gasteiger partial charge < -0.3 is 14.2 Å². The highest BCUT2D eigenvalue weighted by molar-refractivity contribution is 5.50. The van der Waals surface area contributed by atoms with Gasteiger partial charge in [-0.3, -0.25) is 19.9 Å². The average Bonchev–Trinajstić information content (AvgIpc) is 2.75. The fraction of sp³-hybridized carbons (Fsp3) is 0.429. The quantitative estimate of drug-likeness (QED) is 0.497. The maximum absolute atomic E-state index is 11.0. The van der Waals surface area contributed by atoms with E-state index in [-0.39, 0.29) is 10.6 Å². The highest BCUT2D eigenvalue weighted by Gasteiger charge is 2.20. The Morgan fingerprint density at radius 1 is 0.862 bits per heavy atom. The smallest absolute Gasteiger partial charge is 0.269 e. The van der Waals surface area contributed by atoms with Gasteiger partial charge in [0, 0.05) is 63.0 Å². The van der Waals surface area contributed by atoms with Crippen molar-refractivity contribution in [1.82, 2.24) is 9.80 Å². The van der Waals surface area contributed by atoms with Crippen LogP contribution in [0.3, 0.4) is 0 Å². The number of rotatable bonds is 8. The number of hydrogen-bond acceptors (Lipinski definition) is 7. The van der Waals surface area contributed by atoms with E-state index in [1.54, 1.807) is 33.5 Å². The molecule has 0 aliphatic carbocycles. The lowest BCUT2D eigenvalue weighted by Crippen LogP contribution is -2.45. The highest BCUT2D eigenvalue weighted by atomic mass is 16.6. The lowest BCUT2D eigenvalue weighted by Gasteiger charge is -2.35. The summed E-state index contributed by atoms with van der Waals surface area (Å²) in [7, 11) is 4.89. The minimum Gasteiger partial charge on any atom is -0.496 e. The van der Waals surface area contributed by atoms with Gasteiger partial charge in [-0.2, -0.15) is 0 Å². The molecule has 0 saturated carbocycles. The SMILES string of the molecule is COc1cc(OC)c(OC)cc1CN1CCN(Cc2cccc([N+](=O)[O-])c2)CC1. The van der Waals surface area contributed by atoms with Crippen LogP contribution < -0.4 is 14.2 Å². The van der Waals surface area contributed by atoms with E-state index in [9.17, 15) is 10.1 Å². The van der Waals surface area contributed by atoms with Crippen LogP contribution in [-0.4, -0.2) is 62.2 Å². The largest absolute Gasteiger partial charge is 0.496 e. The monoisotopic (exact) mass is 401 g/mol. The summed E-state index contributed by atoms with van der Waals surface area (Å²) in [6.07, 6.45) is 0. The predicted molar refractivity (Wildman–Crippen MR) is 110 cm³/mol. The Morgan fingerprint density at radius 2 is 1.45 bits per heavy atom. The molecule has 2 aromatic carbocycles. The number of piperazine rings is 1. The van der Waals surface area contributed by atoms with Gasteiger partial charge >= 0.3 is 0 Å². The van der Waals surface area contributed by atoms with Gasteiger partial charge in [-0.25, -0.2) is 0 Å². The van der Waals surface area contributed by atoms with Crippen molar-refractivity contribution in [2.24, 2.45) is 0 Å². The molecule has 0 amide bonds. The van der Waals surface area contributed by atoms with Crippen molar-refractivity contribution < 1.29 is 19.1 Å². The van der Waals surface area contributed by atoms with E-state index in [2.05, 4.69) is 9.80 Å². The van der Waals surface area contributed by atoms with E-state index in [1.165, 1.54) is 6.07 Å². The van der Waals surface area contributed by atoms with E-state index in [4.69, 9.17) is 14.2 Å². The summed E-state index contributed by atoms with van der Waals surface area (Å²) in [6, 6.07) is 10.7. The molecule has 1 saturated heterocycles. The zero-order valence-corrected chi connectivity index (χ0v) is 17.1. The number of hydrogen-bond donors (Lipinski definition) is 0. The van der Waals surface area contributed by atoms with Gasteiger partial charge in [0.25, 0.3) is 5.69 Å². The Morgan fingerprint density at radius 3 is 2.03 bits per heavy atom. The van der Waals surface area contributed by atoms with Crippen LogP contribution in [0.4, 0.5) is 5.69 Å². The first-order valence-electron chi connectivity index (χ1n) is 9.51. The second-order valence-electron chi connectivity index (χ2n) is 7.00. The lowest BCUT2D eigenvalue weighted by atomic mass is 10.1. The van der Waals surface area contributed by atoms with Crippen LogP contribution in [-0.2, 0) is 13.1 Å². The topological polar surface area (TPSA) is 77.3 Å². The van der Waals surface area contributed by atoms with E-state index < -0.39 is 0 Å². The molecule has 1 aliphatic rings. The van der Waals surface area contributed by atoms with E-state index in [1.807, 2.05) is 18.2 Å². The highest BCUT2D eigenvalue weighted by Crippen LogP contribution is 2.35. The number of nitrogens with zero attached hydrogens (tertiary/aromatic N) is 3. The van der Waals surface area contributed by atoms with Gasteiger partial charge in [-0.1, -0.05) is 12.1 Å². The van der Waals surface area contributed by atoms with Gasteiger partial charge in [0.2, 0.25) is 0 Å². The van der Waals surface area contributed by atoms with Gasteiger partial charge in [0.05, 0.1) is 26.3 Å². The second-order valence-corrected chi connectivity index (χ2v) is 7.00. The van der Waals surface area contributed by atoms with E-state index in [0.717, 1.165) is 56.1 Å². The van der Waals surface area contributed by atoms with Gasteiger partial charge in [-0.05, 0) is 11.6 Å². The number of methoxy groups -OCH3 is 3. The van der Waals surface area contributed by atoms with Crippen LogP contribution in [0.5, 0.6) is 17.2 Å². The minimum absolute atomic E-state index is 0.140. The van der Waals surface area contributed by atoms with Gasteiger partial charge in [0.15, 0.2) is 11.5 Å². The molecule has 0 spiro atoms. The maximum Gasteiger partial charge on any atom is 0.269 e. The Kier molecular flexibility index (Phi) is 6.90. The van der Waals surface area contributed by atoms with Crippen LogP contribution in [0.2, 0.25) is 0 Å². The summed E-state index contributed by atoms with van der Waals surface area (Å²) in [6.45, 7) is 5.10. The fourth-order valence-electron chi connectivity index (χ4n) is 3.59. The summed E-state index contributed by atoms with van der Waals surface area (Å²) in [5.41, 5.74) is 2.16. The molecule has 0 aromatic heterocycles. The molecule has 3 rings (SSSR count). The molecule has 1 aliphatic heterocycles. The number of ether oxygens (including phenoxy) is 3. The van der Waals surface area contributed by atoms with Crippen molar-refractivity contribution in [2.45, 2.75) is 13.1 Å². The summed E-state index contributed by atoms with van der Waals surface area (Å²) < 4.78 is 16.3. The first-order chi connectivity index (χ1) is 14.0. The molecular formula is C21H27N3O5. The van der Waals surface area contributed by atoms with E-state index >= 15 is 0 Å². The first-order valence-corrected chi connectivity index (χ1v) is 9.51. The Labute approximate surface area is 170 Å². The molecule has 0 atom stereocenters. The third kappa shape index (κ3) is 5.16. The first kappa shape index (κ1) is 20.9. The third-order valence-electron chi connectivity index (χ3n) is 5.17. The minimum atomic E-state index is -0.349. The Balaban J connectivity index is 1.60. The maximum atomic E-state index is 11.0. The van der Waals surface area contributed by atoms with Gasteiger partial charge in [-0.15, -0.1) is 0 Å². The molecule has 1 fully saturated rings.